The molecule has 1 fully saturated rings. The van der Waals surface area contributed by atoms with Gasteiger partial charge in [-0.1, -0.05) is 32.6 Å². The summed E-state index contributed by atoms with van der Waals surface area (Å²) in [5, 5.41) is 20.8. The fourth-order valence-electron chi connectivity index (χ4n) is 3.51. The number of ether oxygens (including phenoxy) is 1. The molecule has 2 aliphatic rings. The molecule has 1 saturated heterocycles. The van der Waals surface area contributed by atoms with E-state index in [1.54, 1.807) is 0 Å². The lowest BCUT2D eigenvalue weighted by atomic mass is 9.84. The van der Waals surface area contributed by atoms with E-state index in [0.717, 1.165) is 31.3 Å². The first-order valence-electron chi connectivity index (χ1n) is 9.08. The lowest BCUT2D eigenvalue weighted by Gasteiger charge is -2.25. The first kappa shape index (κ1) is 18.7. The maximum absolute atomic E-state index is 10.5. The van der Waals surface area contributed by atoms with Crippen molar-refractivity contribution < 1.29 is 14.9 Å². The van der Waals surface area contributed by atoms with Crippen LogP contribution in [0.25, 0.3) is 0 Å². The number of hydrogen-bond acceptors (Lipinski definition) is 3. The molecule has 1 heterocycles. The van der Waals surface area contributed by atoms with Crippen LogP contribution in [0.1, 0.15) is 66.2 Å². The van der Waals surface area contributed by atoms with Crippen molar-refractivity contribution >= 4 is 0 Å². The Morgan fingerprint density at radius 1 is 1.22 bits per heavy atom. The van der Waals surface area contributed by atoms with E-state index in [4.69, 9.17) is 4.74 Å². The van der Waals surface area contributed by atoms with Crippen LogP contribution in [0.15, 0.2) is 24.3 Å². The molecule has 1 aliphatic carbocycles. The van der Waals surface area contributed by atoms with Gasteiger partial charge in [-0.15, -0.1) is 0 Å². The number of rotatable bonds is 1. The molecule has 2 N–H and O–H groups in total. The monoisotopic (exact) mass is 322 g/mol. The lowest BCUT2D eigenvalue weighted by Crippen LogP contribution is -2.25. The van der Waals surface area contributed by atoms with Crippen LogP contribution in [0.2, 0.25) is 0 Å². The predicted molar refractivity (Wildman–Crippen MR) is 94.2 cm³/mol. The van der Waals surface area contributed by atoms with Crippen molar-refractivity contribution in [3.8, 4) is 0 Å². The third-order valence-corrected chi connectivity index (χ3v) is 5.69. The topological polar surface area (TPSA) is 53.0 Å². The molecule has 132 valence electrons. The minimum atomic E-state index is -0.874. The van der Waals surface area contributed by atoms with Gasteiger partial charge in [-0.05, 0) is 69.8 Å². The summed E-state index contributed by atoms with van der Waals surface area (Å²) in [6.45, 7) is 12.5. The molecule has 0 unspecified atom stereocenters. The molecule has 0 aromatic heterocycles. The zero-order chi connectivity index (χ0) is 17.3. The number of fused-ring (bicyclic) bond motifs is 1. The molecule has 1 aliphatic heterocycles. The van der Waals surface area contributed by atoms with E-state index in [9.17, 15) is 10.2 Å². The second-order valence-electron chi connectivity index (χ2n) is 8.33. The van der Waals surface area contributed by atoms with Gasteiger partial charge in [0.2, 0.25) is 0 Å². The molecular formula is C20H34O3. The molecule has 3 heteroatoms. The van der Waals surface area contributed by atoms with Gasteiger partial charge in [0.25, 0.3) is 0 Å². The van der Waals surface area contributed by atoms with Gasteiger partial charge in [-0.25, -0.2) is 0 Å². The van der Waals surface area contributed by atoms with Crippen LogP contribution in [0.5, 0.6) is 0 Å². The van der Waals surface area contributed by atoms with E-state index in [0.29, 0.717) is 30.8 Å². The van der Waals surface area contributed by atoms with Gasteiger partial charge in [0.15, 0.2) is 0 Å². The summed E-state index contributed by atoms with van der Waals surface area (Å²) < 4.78 is 5.94. The Morgan fingerprint density at radius 2 is 1.91 bits per heavy atom. The first-order valence-corrected chi connectivity index (χ1v) is 9.08. The summed E-state index contributed by atoms with van der Waals surface area (Å²) in [5.41, 5.74) is -0.0281. The third-order valence-electron chi connectivity index (χ3n) is 5.69. The zero-order valence-electron chi connectivity index (χ0n) is 15.2. The van der Waals surface area contributed by atoms with E-state index in [-0.39, 0.29) is 5.60 Å². The van der Waals surface area contributed by atoms with Crippen molar-refractivity contribution in [2.24, 2.45) is 11.8 Å². The molecular weight excluding hydrogens is 288 g/mol. The average Bonchev–Trinajstić information content (AvgIpc) is 3.11. The molecule has 23 heavy (non-hydrogen) atoms. The van der Waals surface area contributed by atoms with Gasteiger partial charge in [0.1, 0.15) is 0 Å². The second-order valence-corrected chi connectivity index (χ2v) is 8.33. The lowest BCUT2D eigenvalue weighted by molar-refractivity contribution is 0.0792. The van der Waals surface area contributed by atoms with Crippen molar-refractivity contribution in [1.82, 2.24) is 0 Å². The van der Waals surface area contributed by atoms with Gasteiger partial charge < -0.3 is 14.9 Å². The van der Waals surface area contributed by atoms with Crippen LogP contribution in [0, 0.1) is 11.8 Å². The molecule has 0 bridgehead atoms. The summed E-state index contributed by atoms with van der Waals surface area (Å²) in [5.74, 6) is 0.993. The highest BCUT2D eigenvalue weighted by Gasteiger charge is 2.51. The SMILES string of the molecule is C=C1CC[C@@H]2O[C@@]2(C)CC[C@@H](C(C)C)C=C[C@](C)(O)CC[C@@H]1O. The van der Waals surface area contributed by atoms with E-state index < -0.39 is 11.7 Å². The molecule has 3 nitrogen and oxygen atoms in total. The van der Waals surface area contributed by atoms with Crippen LogP contribution >= 0.6 is 0 Å². The van der Waals surface area contributed by atoms with E-state index >= 15 is 0 Å². The van der Waals surface area contributed by atoms with Crippen molar-refractivity contribution in [2.75, 3.05) is 0 Å². The van der Waals surface area contributed by atoms with Crippen LogP contribution in [0.3, 0.4) is 0 Å². The summed E-state index contributed by atoms with van der Waals surface area (Å²) in [6, 6.07) is 0. The van der Waals surface area contributed by atoms with Crippen LogP contribution in [-0.2, 0) is 4.74 Å². The molecule has 0 spiro atoms. The fraction of sp³-hybridized carbons (Fsp3) is 0.800. The molecule has 0 amide bonds. The van der Waals surface area contributed by atoms with Crippen molar-refractivity contribution in [1.29, 1.82) is 0 Å². The van der Waals surface area contributed by atoms with Crippen molar-refractivity contribution in [2.45, 2.75) is 89.6 Å². The average molecular weight is 322 g/mol. The fourth-order valence-corrected chi connectivity index (χ4v) is 3.51. The quantitative estimate of drug-likeness (QED) is 0.567. The highest BCUT2D eigenvalue weighted by Crippen LogP contribution is 2.45. The third kappa shape index (κ3) is 5.17. The number of epoxide rings is 1. The highest BCUT2D eigenvalue weighted by atomic mass is 16.6. The maximum atomic E-state index is 10.5. The summed E-state index contributed by atoms with van der Waals surface area (Å²) in [7, 11) is 0. The van der Waals surface area contributed by atoms with Gasteiger partial charge in [0.05, 0.1) is 23.4 Å². The van der Waals surface area contributed by atoms with Gasteiger partial charge in [0, 0.05) is 0 Å². The van der Waals surface area contributed by atoms with Crippen LogP contribution < -0.4 is 0 Å². The molecule has 5 atom stereocenters. The standard InChI is InChI=1S/C20H34O3/c1-14(2)16-8-11-19(4,22)12-10-17(21)15(3)6-7-18-20(5,23-18)13-9-16/h8,11,14,16-18,21-22H,3,6-7,9-10,12-13H2,1-2,4-5H3/t16-,17-,18-,19-,20-/m0/s1. The molecule has 0 radical (unpaired) electrons. The normalized spacial score (nSPS) is 43.1. The number of hydrogen-bond donors (Lipinski definition) is 2. The molecule has 2 rings (SSSR count). The Bertz CT molecular complexity index is 452. The number of aliphatic hydroxyl groups excluding tert-OH is 1. The maximum Gasteiger partial charge on any atom is 0.0920 e. The van der Waals surface area contributed by atoms with E-state index in [1.165, 1.54) is 0 Å². The second kappa shape index (κ2) is 7.08. The Balaban J connectivity index is 2.12. The summed E-state index contributed by atoms with van der Waals surface area (Å²) in [4.78, 5) is 0. The Kier molecular flexibility index (Phi) is 5.76. The largest absolute Gasteiger partial charge is 0.389 e. The number of allylic oxidation sites excluding steroid dienone is 1. The summed E-state index contributed by atoms with van der Waals surface area (Å²) >= 11 is 0. The van der Waals surface area contributed by atoms with E-state index in [1.807, 2.05) is 13.0 Å². The van der Waals surface area contributed by atoms with Gasteiger partial charge in [-0.3, -0.25) is 0 Å². The van der Waals surface area contributed by atoms with Crippen molar-refractivity contribution in [3.63, 3.8) is 0 Å². The van der Waals surface area contributed by atoms with E-state index in [2.05, 4.69) is 33.4 Å². The number of aliphatic hydroxyl groups is 2. The van der Waals surface area contributed by atoms with Crippen molar-refractivity contribution in [3.05, 3.63) is 24.3 Å². The Hall–Kier alpha value is -0.640. The summed E-state index contributed by atoms with van der Waals surface area (Å²) in [6.07, 6.45) is 8.81. The minimum absolute atomic E-state index is 0.0150. The zero-order valence-corrected chi connectivity index (χ0v) is 15.2. The molecule has 0 saturated carbocycles. The van der Waals surface area contributed by atoms with Crippen LogP contribution in [-0.4, -0.2) is 33.6 Å². The Labute approximate surface area is 141 Å². The smallest absolute Gasteiger partial charge is 0.0920 e. The highest BCUT2D eigenvalue weighted by molar-refractivity contribution is 5.09. The van der Waals surface area contributed by atoms with Crippen LogP contribution in [0.4, 0.5) is 0 Å². The molecule has 0 aromatic rings. The Morgan fingerprint density at radius 3 is 2.57 bits per heavy atom. The minimum Gasteiger partial charge on any atom is -0.389 e. The van der Waals surface area contributed by atoms with Gasteiger partial charge >= 0.3 is 0 Å². The van der Waals surface area contributed by atoms with Gasteiger partial charge in [-0.2, -0.15) is 0 Å². The first-order chi connectivity index (χ1) is 10.6. The molecule has 0 aromatic carbocycles. The predicted octanol–water partition coefficient (Wildman–Crippen LogP) is 3.99.